The number of para-hydroxylation sites is 1. The Morgan fingerprint density at radius 1 is 1.43 bits per heavy atom. The number of carbonyl (C=O) groups excluding carboxylic acids is 2. The number of nitriles is 1. The molecule has 0 bridgehead atoms. The summed E-state index contributed by atoms with van der Waals surface area (Å²) in [5, 5.41) is 8.73. The molecule has 2 rings (SSSR count). The Labute approximate surface area is 136 Å². The molecular weight excluding hydrogens is 292 g/mol. The van der Waals surface area contributed by atoms with Gasteiger partial charge in [-0.05, 0) is 30.9 Å². The topological polar surface area (TPSA) is 70.4 Å². The van der Waals surface area contributed by atoms with Crippen LogP contribution in [0.25, 0.3) is 0 Å². The number of carbonyl (C=O) groups is 2. The molecule has 1 amide bonds. The second kappa shape index (κ2) is 7.28. The number of esters is 1. The van der Waals surface area contributed by atoms with Gasteiger partial charge in [0, 0.05) is 18.7 Å². The van der Waals surface area contributed by atoms with Crippen molar-refractivity contribution in [2.75, 3.05) is 11.4 Å². The van der Waals surface area contributed by atoms with Crippen molar-refractivity contribution in [3.8, 4) is 6.07 Å². The maximum absolute atomic E-state index is 12.4. The summed E-state index contributed by atoms with van der Waals surface area (Å²) in [6.07, 6.45) is 0.315. The van der Waals surface area contributed by atoms with Crippen molar-refractivity contribution in [3.05, 3.63) is 29.8 Å². The third kappa shape index (κ3) is 3.70. The Morgan fingerprint density at radius 3 is 2.78 bits per heavy atom. The molecule has 1 heterocycles. The highest BCUT2D eigenvalue weighted by molar-refractivity contribution is 6.00. The van der Waals surface area contributed by atoms with Gasteiger partial charge in [0.2, 0.25) is 5.91 Å². The van der Waals surface area contributed by atoms with Gasteiger partial charge in [0.05, 0.1) is 5.92 Å². The number of hydrogen-bond acceptors (Lipinski definition) is 4. The zero-order chi connectivity index (χ0) is 17.0. The third-order valence-electron chi connectivity index (χ3n) is 4.30. The van der Waals surface area contributed by atoms with Crippen LogP contribution in [-0.4, -0.2) is 24.5 Å². The fraction of sp³-hybridized carbons (Fsp3) is 0.500. The molecule has 122 valence electrons. The molecule has 5 nitrogen and oxygen atoms in total. The standard InChI is InChI=1S/C18H22N2O3/c1-4-12(2)15-7-5-6-8-16(15)20-11-14(9-17(20)21)18(22)23-13(3)10-19/h5-8,12-14H,4,9,11H2,1-3H3/t12-,13-,14-/m0/s1. The van der Waals surface area contributed by atoms with Gasteiger partial charge in [0.15, 0.2) is 6.10 Å². The average Bonchev–Trinajstić information content (AvgIpc) is 2.95. The van der Waals surface area contributed by atoms with Gasteiger partial charge in [-0.25, -0.2) is 0 Å². The zero-order valence-corrected chi connectivity index (χ0v) is 13.8. The van der Waals surface area contributed by atoms with E-state index in [-0.39, 0.29) is 12.3 Å². The van der Waals surface area contributed by atoms with E-state index >= 15 is 0 Å². The summed E-state index contributed by atoms with van der Waals surface area (Å²) in [5.41, 5.74) is 1.98. The first-order valence-electron chi connectivity index (χ1n) is 7.97. The monoisotopic (exact) mass is 314 g/mol. The Balaban J connectivity index is 2.19. The first kappa shape index (κ1) is 17.0. The minimum Gasteiger partial charge on any atom is -0.447 e. The SMILES string of the molecule is CC[C@H](C)c1ccccc1N1C[C@@H](C(=O)O[C@@H](C)C#N)CC1=O. The van der Waals surface area contributed by atoms with Crippen LogP contribution in [0.3, 0.4) is 0 Å². The van der Waals surface area contributed by atoms with Crippen molar-refractivity contribution < 1.29 is 14.3 Å². The third-order valence-corrected chi connectivity index (χ3v) is 4.30. The number of amides is 1. The van der Waals surface area contributed by atoms with Crippen LogP contribution in [0.1, 0.15) is 45.1 Å². The van der Waals surface area contributed by atoms with Gasteiger partial charge in [0.1, 0.15) is 6.07 Å². The molecule has 1 aromatic rings. The summed E-state index contributed by atoms with van der Waals surface area (Å²) in [7, 11) is 0. The number of benzene rings is 1. The van der Waals surface area contributed by atoms with Gasteiger partial charge < -0.3 is 9.64 Å². The highest BCUT2D eigenvalue weighted by Crippen LogP contribution is 2.33. The number of hydrogen-bond donors (Lipinski definition) is 0. The number of nitrogens with zero attached hydrogens (tertiary/aromatic N) is 2. The van der Waals surface area contributed by atoms with E-state index in [4.69, 9.17) is 10.00 Å². The van der Waals surface area contributed by atoms with Gasteiger partial charge in [0.25, 0.3) is 0 Å². The van der Waals surface area contributed by atoms with Crippen LogP contribution in [0.15, 0.2) is 24.3 Å². The first-order chi connectivity index (χ1) is 11.0. The Morgan fingerprint density at radius 2 is 2.13 bits per heavy atom. The van der Waals surface area contributed by atoms with E-state index in [1.807, 2.05) is 30.3 Å². The summed E-state index contributed by atoms with van der Waals surface area (Å²) in [4.78, 5) is 26.1. The lowest BCUT2D eigenvalue weighted by atomic mass is 9.96. The van der Waals surface area contributed by atoms with Crippen molar-refractivity contribution in [2.24, 2.45) is 5.92 Å². The fourth-order valence-corrected chi connectivity index (χ4v) is 2.77. The summed E-state index contributed by atoms with van der Waals surface area (Å²) in [6, 6.07) is 9.68. The Hall–Kier alpha value is -2.35. The van der Waals surface area contributed by atoms with Crippen LogP contribution in [0, 0.1) is 17.2 Å². The van der Waals surface area contributed by atoms with E-state index in [1.54, 1.807) is 4.90 Å². The van der Waals surface area contributed by atoms with E-state index in [1.165, 1.54) is 6.92 Å². The van der Waals surface area contributed by atoms with Crippen LogP contribution in [0.5, 0.6) is 0 Å². The quantitative estimate of drug-likeness (QED) is 0.783. The largest absolute Gasteiger partial charge is 0.447 e. The molecule has 0 unspecified atom stereocenters. The summed E-state index contributed by atoms with van der Waals surface area (Å²) in [6.45, 7) is 6.06. The molecule has 0 saturated carbocycles. The van der Waals surface area contributed by atoms with E-state index in [2.05, 4.69) is 13.8 Å². The molecule has 3 atom stereocenters. The lowest BCUT2D eigenvalue weighted by molar-refractivity contribution is -0.150. The van der Waals surface area contributed by atoms with E-state index < -0.39 is 18.0 Å². The van der Waals surface area contributed by atoms with Crippen LogP contribution in [-0.2, 0) is 14.3 Å². The normalized spacial score (nSPS) is 20.0. The molecule has 0 aliphatic carbocycles. The fourth-order valence-electron chi connectivity index (χ4n) is 2.77. The van der Waals surface area contributed by atoms with E-state index in [0.717, 1.165) is 17.7 Å². The highest BCUT2D eigenvalue weighted by Gasteiger charge is 2.37. The molecule has 0 radical (unpaired) electrons. The molecule has 1 aliphatic rings. The van der Waals surface area contributed by atoms with Gasteiger partial charge >= 0.3 is 5.97 Å². The second-order valence-corrected chi connectivity index (χ2v) is 5.98. The van der Waals surface area contributed by atoms with Crippen LogP contribution in [0.2, 0.25) is 0 Å². The van der Waals surface area contributed by atoms with Gasteiger partial charge in [-0.3, -0.25) is 9.59 Å². The van der Waals surface area contributed by atoms with Crippen molar-refractivity contribution in [1.29, 1.82) is 5.26 Å². The van der Waals surface area contributed by atoms with E-state index in [0.29, 0.717) is 12.5 Å². The maximum Gasteiger partial charge on any atom is 0.312 e. The molecule has 0 N–H and O–H groups in total. The highest BCUT2D eigenvalue weighted by atomic mass is 16.5. The molecule has 5 heteroatoms. The van der Waals surface area contributed by atoms with Crippen molar-refractivity contribution in [3.63, 3.8) is 0 Å². The summed E-state index contributed by atoms with van der Waals surface area (Å²) in [5.74, 6) is -0.727. The molecule has 1 saturated heterocycles. The zero-order valence-electron chi connectivity index (χ0n) is 13.8. The number of anilines is 1. The van der Waals surface area contributed by atoms with Crippen molar-refractivity contribution >= 4 is 17.6 Å². The van der Waals surface area contributed by atoms with Crippen molar-refractivity contribution in [1.82, 2.24) is 0 Å². The lowest BCUT2D eigenvalue weighted by Crippen LogP contribution is -2.28. The molecule has 23 heavy (non-hydrogen) atoms. The average molecular weight is 314 g/mol. The predicted octanol–water partition coefficient (Wildman–Crippen LogP) is 3.01. The summed E-state index contributed by atoms with van der Waals surface area (Å²) < 4.78 is 5.04. The van der Waals surface area contributed by atoms with Gasteiger partial charge in [-0.15, -0.1) is 0 Å². The van der Waals surface area contributed by atoms with Gasteiger partial charge in [-0.2, -0.15) is 5.26 Å². The second-order valence-electron chi connectivity index (χ2n) is 5.98. The maximum atomic E-state index is 12.4. The first-order valence-corrected chi connectivity index (χ1v) is 7.97. The van der Waals surface area contributed by atoms with Gasteiger partial charge in [-0.1, -0.05) is 32.0 Å². The van der Waals surface area contributed by atoms with Crippen LogP contribution in [0.4, 0.5) is 5.69 Å². The number of rotatable bonds is 5. The molecule has 0 spiro atoms. The minimum atomic E-state index is -0.793. The molecule has 0 aromatic heterocycles. The molecule has 1 aliphatic heterocycles. The molecular formula is C18H22N2O3. The Bertz CT molecular complexity index is 635. The molecule has 1 aromatic carbocycles. The summed E-state index contributed by atoms with van der Waals surface area (Å²) >= 11 is 0. The van der Waals surface area contributed by atoms with Crippen LogP contribution < -0.4 is 4.90 Å². The minimum absolute atomic E-state index is 0.0766. The van der Waals surface area contributed by atoms with Crippen LogP contribution >= 0.6 is 0 Å². The Kier molecular flexibility index (Phi) is 5.38. The molecule has 1 fully saturated rings. The smallest absolute Gasteiger partial charge is 0.312 e. The van der Waals surface area contributed by atoms with E-state index in [9.17, 15) is 9.59 Å². The predicted molar refractivity (Wildman–Crippen MR) is 86.8 cm³/mol. The lowest BCUT2D eigenvalue weighted by Gasteiger charge is -2.23. The number of ether oxygens (including phenoxy) is 1. The van der Waals surface area contributed by atoms with Crippen molar-refractivity contribution in [2.45, 2.75) is 45.6 Å².